The molecule has 478 valence electrons. The fourth-order valence-corrected chi connectivity index (χ4v) is 2.24. The third-order valence-electron chi connectivity index (χ3n) is 4.92. The van der Waals surface area contributed by atoms with Gasteiger partial charge in [0.05, 0.1) is 74.9 Å². The summed E-state index contributed by atoms with van der Waals surface area (Å²) in [6, 6.07) is -9.31. The molecule has 1 fully saturated rings. The van der Waals surface area contributed by atoms with Crippen LogP contribution in [0.3, 0.4) is 0 Å². The lowest BCUT2D eigenvalue weighted by Gasteiger charge is -2.11. The molecule has 0 aliphatic heterocycles. The van der Waals surface area contributed by atoms with Crippen molar-refractivity contribution in [3.05, 3.63) is 0 Å². The number of carbonyl (C=O) groups excluding carboxylic acids is 10. The zero-order valence-corrected chi connectivity index (χ0v) is 41.2. The number of Topliss-reactive ketones (excluding diaryl/α,β-unsaturated/α-hetero) is 6. The van der Waals surface area contributed by atoms with Gasteiger partial charge in [-0.25, -0.2) is 26.3 Å². The van der Waals surface area contributed by atoms with E-state index in [-0.39, 0.29) is 59.3 Å². The Bertz CT molecular complexity index is 1400. The molecular weight excluding hydrogens is 1170 g/mol. The van der Waals surface area contributed by atoms with Gasteiger partial charge in [0.15, 0.2) is 31.6 Å². The Morgan fingerprint density at radius 3 is 0.987 bits per heavy atom. The minimum Gasteiger partial charge on any atom is -0.322 e. The molecule has 1 rings (SSSR count). The van der Waals surface area contributed by atoms with Crippen LogP contribution >= 0.6 is 0 Å². The van der Waals surface area contributed by atoms with Crippen LogP contribution in [0.25, 0.3) is 0 Å². The zero-order chi connectivity index (χ0) is 64.6. The van der Waals surface area contributed by atoms with Crippen LogP contribution in [0.4, 0.5) is 114 Å². The SMILES string of the molecule is C.C.CCF.CCF.CCF.CF.CF.CF.CF.COC(F)(F)CF.COF.O=C(F)C(C(=O)CF)C(F)(F)F.O=C(F)C(F)C(=O)CF.O=C(F)CC(=O)C(F)(F)CF.O=C(F)CC(=O)CF.O=C1CC(=O)C(CF)C1. The Balaban J connectivity index is -0.0000000439. The number of alkyl halides is 21. The standard InChI is InChI=1S/C6H7FO2.C5H3F5O2.C5H4F4O2.C4H3F3O2.C4H4F2O2.C3H5F3O.3C2H5F.CH3FO.4CH3F.2CH4/c7-3-4-1-5(8)2-6(4)9;6-1-2(11)3(4(7)12)5(8,9)10;6-2-5(8,9)3(10)1-4(7)11;5-1-2(8)3(6)4(7)9;5-2-3(7)1-4(6)8;1-7-3(5,6)2-4;3*1-2-3;1-3-2;4*1-2;;/h4H,1-3H2;3H,1H2;1-2H2;3H,1H2;1-2H2;2H2,1H3;3*2H2,1H3;1H3;4*1H3;2*1H4. The van der Waals surface area contributed by atoms with Crippen molar-refractivity contribution >= 4 is 58.8 Å². The molecule has 1 aliphatic rings. The van der Waals surface area contributed by atoms with Gasteiger partial charge in [-0.3, -0.25) is 83.1 Å². The lowest BCUT2D eigenvalue weighted by Crippen LogP contribution is -2.36. The van der Waals surface area contributed by atoms with Crippen molar-refractivity contribution in [3.8, 4) is 0 Å². The first-order chi connectivity index (χ1) is 35.0. The zero-order valence-electron chi connectivity index (χ0n) is 41.2. The number of ketones is 6. The van der Waals surface area contributed by atoms with Crippen molar-refractivity contribution in [1.29, 1.82) is 0 Å². The first kappa shape index (κ1) is 112. The van der Waals surface area contributed by atoms with Gasteiger partial charge in [0.25, 0.3) is 6.17 Å². The van der Waals surface area contributed by atoms with E-state index < -0.39 is 136 Å². The Morgan fingerprint density at radius 1 is 0.564 bits per heavy atom. The highest BCUT2D eigenvalue weighted by Crippen LogP contribution is 2.28. The maximum atomic E-state index is 11.9. The maximum absolute atomic E-state index is 11.9. The van der Waals surface area contributed by atoms with Crippen molar-refractivity contribution in [2.45, 2.75) is 85.7 Å². The van der Waals surface area contributed by atoms with E-state index in [1.165, 1.54) is 20.8 Å². The summed E-state index contributed by atoms with van der Waals surface area (Å²) >= 11 is 0. The smallest absolute Gasteiger partial charge is 0.322 e. The third kappa shape index (κ3) is 96.5. The molecule has 0 N–H and O–H groups in total. The lowest BCUT2D eigenvalue weighted by molar-refractivity contribution is -0.229. The number of hydrogen-bond donors (Lipinski definition) is 0. The number of hydrogen-bond acceptors (Lipinski definition) is 12. The van der Waals surface area contributed by atoms with Gasteiger partial charge in [0, 0.05) is 13.5 Å². The highest BCUT2D eigenvalue weighted by atomic mass is 19.4. The van der Waals surface area contributed by atoms with Crippen LogP contribution in [0.2, 0.25) is 0 Å². The average molecular weight is 1230 g/mol. The lowest BCUT2D eigenvalue weighted by atomic mass is 10.1. The van der Waals surface area contributed by atoms with E-state index in [1.54, 1.807) is 0 Å². The van der Waals surface area contributed by atoms with Crippen molar-refractivity contribution in [2.75, 3.05) is 103 Å². The number of ether oxygens (including phenoxy) is 1. The first-order valence-electron chi connectivity index (χ1n) is 18.6. The van der Waals surface area contributed by atoms with Crippen LogP contribution in [-0.2, 0) is 57.6 Å². The molecule has 0 bridgehead atoms. The molecular formula is C40H64F26O12. The fourth-order valence-electron chi connectivity index (χ4n) is 2.24. The van der Waals surface area contributed by atoms with E-state index in [2.05, 4.69) is 9.68 Å². The van der Waals surface area contributed by atoms with Crippen LogP contribution in [0.5, 0.6) is 0 Å². The topological polar surface area (TPSA) is 189 Å². The second-order valence-corrected chi connectivity index (χ2v) is 10.3. The van der Waals surface area contributed by atoms with E-state index in [1.807, 2.05) is 0 Å². The quantitative estimate of drug-likeness (QED) is 0.0809. The van der Waals surface area contributed by atoms with Gasteiger partial charge in [-0.05, 0) is 25.3 Å². The van der Waals surface area contributed by atoms with Gasteiger partial charge >= 0.3 is 42.4 Å². The number of rotatable bonds is 16. The van der Waals surface area contributed by atoms with Gasteiger partial charge in [-0.2, -0.15) is 53.2 Å². The maximum Gasteiger partial charge on any atom is 0.408 e. The second-order valence-electron chi connectivity index (χ2n) is 10.3. The minimum atomic E-state index is -5.35. The Labute approximate surface area is 431 Å². The molecule has 78 heavy (non-hydrogen) atoms. The second kappa shape index (κ2) is 80.7. The molecule has 1 aliphatic carbocycles. The summed E-state index contributed by atoms with van der Waals surface area (Å²) in [5.41, 5.74) is 0. The monoisotopic (exact) mass is 1230 g/mol. The van der Waals surface area contributed by atoms with Crippen molar-refractivity contribution < 1.29 is 172 Å². The van der Waals surface area contributed by atoms with E-state index in [0.29, 0.717) is 28.7 Å². The molecule has 0 spiro atoms. The molecule has 0 amide bonds. The van der Waals surface area contributed by atoms with Gasteiger partial charge in [-0.1, -0.05) is 14.9 Å². The van der Waals surface area contributed by atoms with Crippen molar-refractivity contribution in [3.63, 3.8) is 0 Å². The summed E-state index contributed by atoms with van der Waals surface area (Å²) in [5.74, 6) is -15.5. The first-order valence-corrected chi connectivity index (χ1v) is 18.6. The molecule has 38 heteroatoms. The highest BCUT2D eigenvalue weighted by Gasteiger charge is 2.50. The molecule has 12 nitrogen and oxygen atoms in total. The van der Waals surface area contributed by atoms with E-state index in [0.717, 1.165) is 14.2 Å². The molecule has 1 saturated carbocycles. The van der Waals surface area contributed by atoms with E-state index in [9.17, 15) is 162 Å². The minimum absolute atomic E-state index is 0. The molecule has 0 aromatic heterocycles. The van der Waals surface area contributed by atoms with Gasteiger partial charge < -0.3 is 4.74 Å². The highest BCUT2D eigenvalue weighted by molar-refractivity contribution is 6.07. The summed E-state index contributed by atoms with van der Waals surface area (Å²) in [7, 11) is 3.71. The summed E-state index contributed by atoms with van der Waals surface area (Å²) in [6.07, 6.45) is -14.3. The van der Waals surface area contributed by atoms with Crippen LogP contribution in [0.1, 0.15) is 61.3 Å². The molecule has 0 aromatic rings. The normalized spacial score (nSPS) is 11.6. The largest absolute Gasteiger partial charge is 0.408 e. The van der Waals surface area contributed by atoms with Crippen LogP contribution in [0.15, 0.2) is 0 Å². The molecule has 3 unspecified atom stereocenters. The summed E-state index contributed by atoms with van der Waals surface area (Å²) < 4.78 is 287. The van der Waals surface area contributed by atoms with Gasteiger partial charge in [0.2, 0.25) is 17.5 Å². The summed E-state index contributed by atoms with van der Waals surface area (Å²) in [4.78, 5) is 101. The number of methoxy groups -OCH3 is 1. The Kier molecular flexibility index (Phi) is 116. The Hall–Kier alpha value is -5.20. The van der Waals surface area contributed by atoms with E-state index in [4.69, 9.17) is 0 Å². The predicted molar refractivity (Wildman–Crippen MR) is 228 cm³/mol. The van der Waals surface area contributed by atoms with E-state index >= 15 is 0 Å². The van der Waals surface area contributed by atoms with Crippen LogP contribution < -0.4 is 0 Å². The number of carbonyl (C=O) groups is 10. The predicted octanol–water partition coefficient (Wildman–Crippen LogP) is 11.8. The molecule has 0 radical (unpaired) electrons. The molecule has 3 atom stereocenters. The summed E-state index contributed by atoms with van der Waals surface area (Å²) in [5, 5.41) is 0. The average Bonchev–Trinajstić information content (AvgIpc) is 3.70. The molecule has 0 saturated heterocycles. The molecule has 0 aromatic carbocycles. The van der Waals surface area contributed by atoms with Crippen LogP contribution in [-0.4, -0.2) is 186 Å². The summed E-state index contributed by atoms with van der Waals surface area (Å²) in [6.45, 7) is -5.96. The van der Waals surface area contributed by atoms with Crippen LogP contribution in [0, 0.1) is 11.8 Å². The van der Waals surface area contributed by atoms with Gasteiger partial charge in [-0.15, -0.1) is 0 Å². The van der Waals surface area contributed by atoms with Gasteiger partial charge in [0.1, 0.15) is 37.8 Å². The van der Waals surface area contributed by atoms with Crippen molar-refractivity contribution in [1.82, 2.24) is 0 Å². The Morgan fingerprint density at radius 2 is 0.885 bits per heavy atom. The van der Waals surface area contributed by atoms with Crippen molar-refractivity contribution in [2.24, 2.45) is 11.8 Å². The molecule has 0 heterocycles. The fraction of sp³-hybridized carbons (Fsp3) is 0.750. The third-order valence-corrected chi connectivity index (χ3v) is 4.92. The number of halogens is 26.